The molecule has 3 heterocycles. The van der Waals surface area contributed by atoms with Crippen molar-refractivity contribution in [1.82, 2.24) is 28.5 Å². The van der Waals surface area contributed by atoms with Crippen LogP contribution in [-0.4, -0.2) is 69.8 Å². The van der Waals surface area contributed by atoms with Crippen LogP contribution in [0, 0.1) is 0 Å². The van der Waals surface area contributed by atoms with Gasteiger partial charge >= 0.3 is 5.69 Å². The van der Waals surface area contributed by atoms with Crippen LogP contribution < -0.4 is 11.2 Å². The Morgan fingerprint density at radius 2 is 1.52 bits per heavy atom. The predicted octanol–water partition coefficient (Wildman–Crippen LogP) is 2.46. The van der Waals surface area contributed by atoms with Gasteiger partial charge < -0.3 is 9.80 Å². The number of benzene rings is 2. The molecule has 8 heteroatoms. The van der Waals surface area contributed by atoms with Crippen LogP contribution in [0.1, 0.15) is 12.8 Å². The lowest BCUT2D eigenvalue weighted by atomic mass is 10.1. The molecule has 0 aliphatic carbocycles. The molecule has 2 aromatic carbocycles. The Morgan fingerprint density at radius 1 is 0.818 bits per heavy atom. The molecule has 0 spiro atoms. The molecule has 0 bridgehead atoms. The first-order chi connectivity index (χ1) is 15.9. The number of aromatic nitrogens is 4. The fourth-order valence-corrected chi connectivity index (χ4v) is 4.84. The van der Waals surface area contributed by atoms with Gasteiger partial charge in [0.05, 0.1) is 27.3 Å². The zero-order chi connectivity index (χ0) is 23.3. The molecule has 33 heavy (non-hydrogen) atoms. The summed E-state index contributed by atoms with van der Waals surface area (Å²) in [6.45, 7) is 2.93. The Morgan fingerprint density at radius 3 is 2.24 bits per heavy atom. The molecule has 5 rings (SSSR count). The normalized spacial score (nSPS) is 12.5. The second kappa shape index (κ2) is 8.28. The van der Waals surface area contributed by atoms with Crippen LogP contribution in [0.2, 0.25) is 0 Å². The number of rotatable bonds is 8. The number of para-hydroxylation sites is 1. The van der Waals surface area contributed by atoms with Crippen molar-refractivity contribution in [2.75, 3.05) is 41.3 Å². The lowest BCUT2D eigenvalue weighted by Crippen LogP contribution is -2.38. The Hall–Kier alpha value is -3.23. The maximum absolute atomic E-state index is 13.7. The van der Waals surface area contributed by atoms with Gasteiger partial charge in [-0.1, -0.05) is 18.2 Å². The van der Waals surface area contributed by atoms with Crippen molar-refractivity contribution in [3.05, 3.63) is 57.2 Å². The molecule has 0 amide bonds. The quantitative estimate of drug-likeness (QED) is 0.271. The number of aryl methyl sites for hydroxylation is 1. The van der Waals surface area contributed by atoms with Crippen molar-refractivity contribution in [3.8, 4) is 0 Å². The predicted molar refractivity (Wildman–Crippen MR) is 134 cm³/mol. The van der Waals surface area contributed by atoms with Crippen molar-refractivity contribution >= 4 is 38.2 Å². The molecule has 0 unspecified atom stereocenters. The standard InChI is InChI=1S/C25H30N6O2/c1-27(2)13-7-15-29-24(32)18-11-12-20-21-22(26-30(20)16-8-14-28(3)4)17-9-5-6-10-19(17)31(23(18)21)25(29)33/h5-6,9-12H,7-8,13-16H2,1-4H3. The molecule has 0 saturated heterocycles. The molecule has 0 N–H and O–H groups in total. The first kappa shape index (κ1) is 21.6. The second-order valence-corrected chi connectivity index (χ2v) is 9.33. The number of hydrogen-bond acceptors (Lipinski definition) is 5. The maximum Gasteiger partial charge on any atom is 0.336 e. The smallest absolute Gasteiger partial charge is 0.309 e. The van der Waals surface area contributed by atoms with Gasteiger partial charge in [0, 0.05) is 18.5 Å². The fourth-order valence-electron chi connectivity index (χ4n) is 4.84. The third-order valence-electron chi connectivity index (χ3n) is 6.38. The fraction of sp³-hybridized carbons (Fsp3) is 0.400. The summed E-state index contributed by atoms with van der Waals surface area (Å²) < 4.78 is 5.14. The summed E-state index contributed by atoms with van der Waals surface area (Å²) in [7, 11) is 8.11. The zero-order valence-electron chi connectivity index (χ0n) is 19.7. The Labute approximate surface area is 191 Å². The average molecular weight is 447 g/mol. The summed E-state index contributed by atoms with van der Waals surface area (Å²) in [6.07, 6.45) is 1.69. The van der Waals surface area contributed by atoms with Gasteiger partial charge in [0.15, 0.2) is 0 Å². The number of nitrogens with zero attached hydrogens (tertiary/aromatic N) is 6. The highest BCUT2D eigenvalue weighted by Gasteiger charge is 2.22. The zero-order valence-corrected chi connectivity index (χ0v) is 19.7. The van der Waals surface area contributed by atoms with Crippen molar-refractivity contribution in [2.45, 2.75) is 25.9 Å². The van der Waals surface area contributed by atoms with E-state index < -0.39 is 0 Å². The van der Waals surface area contributed by atoms with E-state index >= 15 is 0 Å². The molecule has 0 fully saturated rings. The minimum atomic E-state index is -0.280. The summed E-state index contributed by atoms with van der Waals surface area (Å²) >= 11 is 0. The molecule has 0 aliphatic rings. The lowest BCUT2D eigenvalue weighted by Gasteiger charge is -2.15. The minimum absolute atomic E-state index is 0.224. The van der Waals surface area contributed by atoms with E-state index in [1.807, 2.05) is 55.2 Å². The topological polar surface area (TPSA) is 67.8 Å². The third-order valence-corrected chi connectivity index (χ3v) is 6.38. The summed E-state index contributed by atoms with van der Waals surface area (Å²) in [5, 5.41) is 7.34. The van der Waals surface area contributed by atoms with E-state index in [4.69, 9.17) is 5.10 Å². The summed E-state index contributed by atoms with van der Waals surface area (Å²) in [5.41, 5.74) is 2.77. The van der Waals surface area contributed by atoms with Gasteiger partial charge in [-0.2, -0.15) is 5.10 Å². The van der Waals surface area contributed by atoms with Crippen LogP contribution in [0.25, 0.3) is 38.2 Å². The second-order valence-electron chi connectivity index (χ2n) is 9.33. The minimum Gasteiger partial charge on any atom is -0.309 e. The highest BCUT2D eigenvalue weighted by Crippen LogP contribution is 2.34. The van der Waals surface area contributed by atoms with E-state index in [0.717, 1.165) is 59.8 Å². The Kier molecular flexibility index (Phi) is 5.42. The van der Waals surface area contributed by atoms with Crippen molar-refractivity contribution in [2.24, 2.45) is 0 Å². The van der Waals surface area contributed by atoms with Crippen LogP contribution in [0.3, 0.4) is 0 Å². The molecular weight excluding hydrogens is 416 g/mol. The molecule has 0 radical (unpaired) electrons. The molecule has 0 atom stereocenters. The van der Waals surface area contributed by atoms with Gasteiger partial charge in [0.2, 0.25) is 0 Å². The van der Waals surface area contributed by atoms with Crippen molar-refractivity contribution in [1.29, 1.82) is 0 Å². The summed E-state index contributed by atoms with van der Waals surface area (Å²) in [5.74, 6) is 0. The molecule has 8 nitrogen and oxygen atoms in total. The molecule has 5 aromatic rings. The van der Waals surface area contributed by atoms with E-state index in [0.29, 0.717) is 17.4 Å². The van der Waals surface area contributed by atoms with Crippen molar-refractivity contribution < 1.29 is 0 Å². The summed E-state index contributed by atoms with van der Waals surface area (Å²) in [4.78, 5) is 31.3. The third kappa shape index (κ3) is 3.50. The highest BCUT2D eigenvalue weighted by atomic mass is 16.2. The van der Waals surface area contributed by atoms with Crippen LogP contribution >= 0.6 is 0 Å². The Bertz CT molecular complexity index is 1570. The SMILES string of the molecule is CN(C)CCCn1c(=O)c2ccc3c4c(nn3CCCN(C)C)c3ccccc3n(c1=O)c24. The first-order valence-electron chi connectivity index (χ1n) is 11.5. The maximum atomic E-state index is 13.7. The number of pyridine rings is 1. The van der Waals surface area contributed by atoms with E-state index in [1.165, 1.54) is 4.57 Å². The molecule has 0 saturated carbocycles. The van der Waals surface area contributed by atoms with Gasteiger partial charge in [-0.15, -0.1) is 0 Å². The van der Waals surface area contributed by atoms with Crippen LogP contribution in [-0.2, 0) is 13.1 Å². The van der Waals surface area contributed by atoms with E-state index in [1.54, 1.807) is 4.40 Å². The van der Waals surface area contributed by atoms with Gasteiger partial charge in [0.1, 0.15) is 5.52 Å². The molecule has 3 aromatic heterocycles. The van der Waals surface area contributed by atoms with Crippen LogP contribution in [0.5, 0.6) is 0 Å². The van der Waals surface area contributed by atoms with Gasteiger partial charge in [-0.25, -0.2) is 4.79 Å². The molecular formula is C25H30N6O2. The van der Waals surface area contributed by atoms with Gasteiger partial charge in [0.25, 0.3) is 5.56 Å². The monoisotopic (exact) mass is 446 g/mol. The van der Waals surface area contributed by atoms with Gasteiger partial charge in [-0.3, -0.25) is 18.4 Å². The van der Waals surface area contributed by atoms with Crippen LogP contribution in [0.15, 0.2) is 46.0 Å². The average Bonchev–Trinajstić information content (AvgIpc) is 3.15. The molecule has 0 aliphatic heterocycles. The largest absolute Gasteiger partial charge is 0.336 e. The highest BCUT2D eigenvalue weighted by molar-refractivity contribution is 6.21. The Balaban J connectivity index is 1.82. The number of fused-ring (bicyclic) bond motifs is 3. The van der Waals surface area contributed by atoms with E-state index in [9.17, 15) is 9.59 Å². The lowest BCUT2D eigenvalue weighted by molar-refractivity contribution is 0.382. The van der Waals surface area contributed by atoms with E-state index in [-0.39, 0.29) is 11.2 Å². The first-order valence-corrected chi connectivity index (χ1v) is 11.5. The summed E-state index contributed by atoms with van der Waals surface area (Å²) in [6, 6.07) is 11.7. The van der Waals surface area contributed by atoms with Crippen molar-refractivity contribution in [3.63, 3.8) is 0 Å². The van der Waals surface area contributed by atoms with Gasteiger partial charge in [-0.05, 0) is 72.3 Å². The van der Waals surface area contributed by atoms with Crippen LogP contribution in [0.4, 0.5) is 0 Å². The van der Waals surface area contributed by atoms with E-state index in [2.05, 4.69) is 23.9 Å². The molecule has 172 valence electrons. The number of hydrogen-bond donors (Lipinski definition) is 0.